The van der Waals surface area contributed by atoms with Crippen LogP contribution in [-0.4, -0.2) is 42.5 Å². The molecule has 168 valence electrons. The second-order valence-corrected chi connectivity index (χ2v) is 7.74. The molecule has 0 spiro atoms. The quantitative estimate of drug-likeness (QED) is 0.590. The second-order valence-electron chi connectivity index (χ2n) is 7.74. The van der Waals surface area contributed by atoms with Crippen molar-refractivity contribution < 1.29 is 19.1 Å². The maximum atomic E-state index is 13.2. The molecule has 1 N–H and O–H groups in total. The number of nitrogens with one attached hydrogen (secondary N) is 1. The van der Waals surface area contributed by atoms with Crippen molar-refractivity contribution in [2.45, 2.75) is 59.2 Å². The van der Waals surface area contributed by atoms with Crippen LogP contribution >= 0.6 is 0 Å². The van der Waals surface area contributed by atoms with E-state index in [0.29, 0.717) is 18.7 Å². The van der Waals surface area contributed by atoms with Crippen molar-refractivity contribution >= 4 is 11.8 Å². The standard InChI is InChI=1S/C25H34N2O4/c1-6-19-8-14-22(15-9-19)31-17-24(28)27(23(7-2)25(29)26-18(3)4)16-20-10-12-21(30-5)13-11-20/h8-15,18,23H,6-7,16-17H2,1-5H3,(H,26,29)/t23-/m1/s1. The molecule has 6 heteroatoms. The summed E-state index contributed by atoms with van der Waals surface area (Å²) in [5, 5.41) is 2.93. The molecule has 6 nitrogen and oxygen atoms in total. The molecule has 0 aromatic heterocycles. The van der Waals surface area contributed by atoms with Crippen molar-refractivity contribution in [1.82, 2.24) is 10.2 Å². The van der Waals surface area contributed by atoms with Gasteiger partial charge >= 0.3 is 0 Å². The summed E-state index contributed by atoms with van der Waals surface area (Å²) >= 11 is 0. The first-order valence-corrected chi connectivity index (χ1v) is 10.8. The Morgan fingerprint density at radius 1 is 0.935 bits per heavy atom. The van der Waals surface area contributed by atoms with Gasteiger partial charge in [-0.15, -0.1) is 0 Å². The average molecular weight is 427 g/mol. The molecular formula is C25H34N2O4. The summed E-state index contributed by atoms with van der Waals surface area (Å²) in [7, 11) is 1.61. The highest BCUT2D eigenvalue weighted by atomic mass is 16.5. The van der Waals surface area contributed by atoms with E-state index in [9.17, 15) is 9.59 Å². The Hall–Kier alpha value is -3.02. The van der Waals surface area contributed by atoms with Gasteiger partial charge in [0.1, 0.15) is 17.5 Å². The first-order chi connectivity index (χ1) is 14.9. The van der Waals surface area contributed by atoms with E-state index in [2.05, 4.69) is 12.2 Å². The lowest BCUT2D eigenvalue weighted by molar-refractivity contribution is -0.143. The fraction of sp³-hybridized carbons (Fsp3) is 0.440. The van der Waals surface area contributed by atoms with Gasteiger partial charge in [-0.3, -0.25) is 9.59 Å². The second kappa shape index (κ2) is 12.0. The molecule has 0 bridgehead atoms. The van der Waals surface area contributed by atoms with Gasteiger partial charge in [-0.25, -0.2) is 0 Å². The molecule has 1 atom stereocenters. The van der Waals surface area contributed by atoms with Crippen LogP contribution in [0.3, 0.4) is 0 Å². The Bertz CT molecular complexity index is 832. The molecule has 0 aliphatic carbocycles. The van der Waals surface area contributed by atoms with Crippen molar-refractivity contribution in [3.8, 4) is 11.5 Å². The monoisotopic (exact) mass is 426 g/mol. The van der Waals surface area contributed by atoms with Gasteiger partial charge in [-0.05, 0) is 62.1 Å². The highest BCUT2D eigenvalue weighted by Gasteiger charge is 2.29. The fourth-order valence-corrected chi connectivity index (χ4v) is 3.28. The van der Waals surface area contributed by atoms with E-state index in [-0.39, 0.29) is 24.5 Å². The van der Waals surface area contributed by atoms with Crippen molar-refractivity contribution in [1.29, 1.82) is 0 Å². The third-order valence-corrected chi connectivity index (χ3v) is 5.02. The predicted octanol–water partition coefficient (Wildman–Crippen LogP) is 3.97. The van der Waals surface area contributed by atoms with E-state index in [4.69, 9.17) is 9.47 Å². The molecule has 31 heavy (non-hydrogen) atoms. The van der Waals surface area contributed by atoms with Gasteiger partial charge in [0.2, 0.25) is 5.91 Å². The predicted molar refractivity (Wildman–Crippen MR) is 122 cm³/mol. The molecule has 0 unspecified atom stereocenters. The van der Waals surface area contributed by atoms with Gasteiger partial charge in [0.05, 0.1) is 7.11 Å². The van der Waals surface area contributed by atoms with Gasteiger partial charge in [0.15, 0.2) is 6.61 Å². The summed E-state index contributed by atoms with van der Waals surface area (Å²) in [4.78, 5) is 27.6. The number of benzene rings is 2. The van der Waals surface area contributed by atoms with Gasteiger partial charge in [0.25, 0.3) is 5.91 Å². The molecule has 0 aliphatic rings. The minimum absolute atomic E-state index is 0.00665. The van der Waals surface area contributed by atoms with Gasteiger partial charge in [-0.1, -0.05) is 38.1 Å². The lowest BCUT2D eigenvalue weighted by atomic mass is 10.1. The number of hydrogen-bond donors (Lipinski definition) is 1. The van der Waals surface area contributed by atoms with E-state index in [0.717, 1.165) is 17.7 Å². The van der Waals surface area contributed by atoms with Crippen molar-refractivity contribution in [2.24, 2.45) is 0 Å². The van der Waals surface area contributed by atoms with Crippen LogP contribution in [0, 0.1) is 0 Å². The summed E-state index contributed by atoms with van der Waals surface area (Å²) < 4.78 is 10.9. The normalized spacial score (nSPS) is 11.7. The maximum Gasteiger partial charge on any atom is 0.261 e. The topological polar surface area (TPSA) is 67.9 Å². The van der Waals surface area contributed by atoms with Crippen LogP contribution in [0.2, 0.25) is 0 Å². The molecule has 0 saturated carbocycles. The largest absolute Gasteiger partial charge is 0.497 e. The third kappa shape index (κ3) is 7.31. The minimum atomic E-state index is -0.580. The highest BCUT2D eigenvalue weighted by molar-refractivity contribution is 5.88. The number of hydrogen-bond acceptors (Lipinski definition) is 4. The average Bonchev–Trinajstić information content (AvgIpc) is 2.77. The number of methoxy groups -OCH3 is 1. The molecule has 2 aromatic carbocycles. The molecule has 0 heterocycles. The van der Waals surface area contributed by atoms with E-state index >= 15 is 0 Å². The molecule has 2 aromatic rings. The van der Waals surface area contributed by atoms with E-state index in [1.54, 1.807) is 12.0 Å². The number of ether oxygens (including phenoxy) is 2. The van der Waals surface area contributed by atoms with Crippen LogP contribution in [0.25, 0.3) is 0 Å². The fourth-order valence-electron chi connectivity index (χ4n) is 3.28. The number of carbonyl (C=O) groups is 2. The van der Waals surface area contributed by atoms with Crippen LogP contribution in [0.5, 0.6) is 11.5 Å². The maximum absolute atomic E-state index is 13.2. The summed E-state index contributed by atoms with van der Waals surface area (Å²) in [6.45, 7) is 7.98. The van der Waals surface area contributed by atoms with Crippen LogP contribution in [0.4, 0.5) is 0 Å². The molecule has 2 amide bonds. The minimum Gasteiger partial charge on any atom is -0.497 e. The zero-order valence-electron chi connectivity index (χ0n) is 19.2. The summed E-state index contributed by atoms with van der Waals surface area (Å²) in [6.07, 6.45) is 1.45. The molecule has 0 aliphatic heterocycles. The van der Waals surface area contributed by atoms with Crippen molar-refractivity contribution in [2.75, 3.05) is 13.7 Å². The molecule has 0 saturated heterocycles. The lowest BCUT2D eigenvalue weighted by Crippen LogP contribution is -2.51. The zero-order chi connectivity index (χ0) is 22.8. The number of carbonyl (C=O) groups excluding carboxylic acids is 2. The number of nitrogens with zero attached hydrogens (tertiary/aromatic N) is 1. The number of aryl methyl sites for hydroxylation is 1. The lowest BCUT2D eigenvalue weighted by Gasteiger charge is -2.31. The van der Waals surface area contributed by atoms with Gasteiger partial charge in [-0.2, -0.15) is 0 Å². The van der Waals surface area contributed by atoms with Crippen molar-refractivity contribution in [3.05, 3.63) is 59.7 Å². The van der Waals surface area contributed by atoms with Crippen molar-refractivity contribution in [3.63, 3.8) is 0 Å². The molecule has 2 rings (SSSR count). The Labute approximate surface area is 185 Å². The number of rotatable bonds is 11. The number of amides is 2. The van der Waals surface area contributed by atoms with E-state index in [1.807, 2.05) is 69.3 Å². The van der Waals surface area contributed by atoms with E-state index < -0.39 is 6.04 Å². The molecular weight excluding hydrogens is 392 g/mol. The highest BCUT2D eigenvalue weighted by Crippen LogP contribution is 2.17. The summed E-state index contributed by atoms with van der Waals surface area (Å²) in [5.74, 6) is 0.979. The van der Waals surface area contributed by atoms with Crippen LogP contribution in [-0.2, 0) is 22.6 Å². The Morgan fingerprint density at radius 2 is 1.52 bits per heavy atom. The van der Waals surface area contributed by atoms with Crippen LogP contribution in [0.15, 0.2) is 48.5 Å². The van der Waals surface area contributed by atoms with Crippen LogP contribution < -0.4 is 14.8 Å². The zero-order valence-corrected chi connectivity index (χ0v) is 19.2. The molecule has 0 radical (unpaired) electrons. The van der Waals surface area contributed by atoms with Crippen LogP contribution in [0.1, 0.15) is 45.2 Å². The SMILES string of the molecule is CCc1ccc(OCC(=O)N(Cc2ccc(OC)cc2)[C@H](CC)C(=O)NC(C)C)cc1. The summed E-state index contributed by atoms with van der Waals surface area (Å²) in [5.41, 5.74) is 2.12. The smallest absolute Gasteiger partial charge is 0.261 e. The van der Waals surface area contributed by atoms with Gasteiger partial charge < -0.3 is 19.7 Å². The first-order valence-electron chi connectivity index (χ1n) is 10.8. The summed E-state index contributed by atoms with van der Waals surface area (Å²) in [6, 6.07) is 14.6. The first kappa shape index (κ1) is 24.3. The Kier molecular flexibility index (Phi) is 9.38. The van der Waals surface area contributed by atoms with E-state index in [1.165, 1.54) is 5.56 Å². The molecule has 0 fully saturated rings. The Morgan fingerprint density at radius 3 is 2.03 bits per heavy atom. The Balaban J connectivity index is 2.18. The third-order valence-electron chi connectivity index (χ3n) is 5.02. The van der Waals surface area contributed by atoms with Gasteiger partial charge in [0, 0.05) is 12.6 Å².